The summed E-state index contributed by atoms with van der Waals surface area (Å²) in [6.07, 6.45) is 0.396. The van der Waals surface area contributed by atoms with E-state index < -0.39 is 0 Å². The first-order chi connectivity index (χ1) is 9.61. The van der Waals surface area contributed by atoms with Gasteiger partial charge in [-0.25, -0.2) is 9.37 Å². The van der Waals surface area contributed by atoms with Gasteiger partial charge in [0.05, 0.1) is 12.1 Å². The molecular weight excluding hydrogens is 347 g/mol. The van der Waals surface area contributed by atoms with E-state index in [-0.39, 0.29) is 5.82 Å². The molecule has 0 aliphatic rings. The Morgan fingerprint density at radius 3 is 2.95 bits per heavy atom. The third-order valence-electron chi connectivity index (χ3n) is 2.54. The number of nitrogens with two attached hydrogens (primary N) is 1. The quantitative estimate of drug-likeness (QED) is 0.780. The van der Waals surface area contributed by atoms with Crippen LogP contribution in [-0.2, 0) is 6.42 Å². The highest BCUT2D eigenvalue weighted by atomic mass is 79.9. The van der Waals surface area contributed by atoms with Crippen molar-refractivity contribution in [1.29, 1.82) is 0 Å². The van der Waals surface area contributed by atoms with Crippen LogP contribution in [-0.4, -0.2) is 15.1 Å². The number of hydrogen-bond acceptors (Lipinski definition) is 6. The fourth-order valence-electron chi connectivity index (χ4n) is 1.66. The lowest BCUT2D eigenvalue weighted by atomic mass is 10.2. The van der Waals surface area contributed by atoms with Crippen LogP contribution in [0.1, 0.15) is 11.6 Å². The molecule has 3 aromatic rings. The average molecular weight is 355 g/mol. The molecule has 2 heterocycles. The summed E-state index contributed by atoms with van der Waals surface area (Å²) in [7, 11) is 0. The monoisotopic (exact) mass is 354 g/mol. The van der Waals surface area contributed by atoms with Crippen LogP contribution in [0.5, 0.6) is 0 Å². The molecule has 0 saturated carbocycles. The average Bonchev–Trinajstić information content (AvgIpc) is 3.02. The van der Waals surface area contributed by atoms with Crippen LogP contribution >= 0.6 is 27.3 Å². The van der Waals surface area contributed by atoms with Gasteiger partial charge in [-0.05, 0) is 18.2 Å². The molecule has 2 N–H and O–H groups in total. The Morgan fingerprint density at radius 2 is 2.20 bits per heavy atom. The first kappa shape index (κ1) is 13.2. The molecule has 0 spiro atoms. The van der Waals surface area contributed by atoms with Crippen molar-refractivity contribution in [1.82, 2.24) is 15.1 Å². The zero-order valence-corrected chi connectivity index (χ0v) is 12.4. The minimum Gasteiger partial charge on any atom is -0.375 e. The molecule has 0 bridgehead atoms. The fourth-order valence-corrected chi connectivity index (χ4v) is 2.65. The maximum atomic E-state index is 13.3. The van der Waals surface area contributed by atoms with E-state index in [0.717, 1.165) is 5.69 Å². The highest BCUT2D eigenvalue weighted by molar-refractivity contribution is 9.10. The normalized spacial score (nSPS) is 10.9. The molecule has 0 unspecified atom stereocenters. The molecule has 0 radical (unpaired) electrons. The van der Waals surface area contributed by atoms with Crippen LogP contribution in [0.15, 0.2) is 32.6 Å². The van der Waals surface area contributed by atoms with Crippen molar-refractivity contribution in [2.75, 3.05) is 5.73 Å². The van der Waals surface area contributed by atoms with Gasteiger partial charge in [-0.2, -0.15) is 4.98 Å². The second-order valence-corrected chi connectivity index (χ2v) is 5.73. The fraction of sp³-hybridized carbons (Fsp3) is 0.0833. The lowest BCUT2D eigenvalue weighted by molar-refractivity contribution is 0.385. The summed E-state index contributed by atoms with van der Waals surface area (Å²) in [4.78, 5) is 8.36. The van der Waals surface area contributed by atoms with Crippen LogP contribution in [0.2, 0.25) is 0 Å². The van der Waals surface area contributed by atoms with Crippen molar-refractivity contribution in [3.8, 4) is 11.4 Å². The van der Waals surface area contributed by atoms with Crippen LogP contribution < -0.4 is 5.73 Å². The summed E-state index contributed by atoms with van der Waals surface area (Å²) in [5.74, 6) is 0.373. The number of benzene rings is 1. The first-order valence-electron chi connectivity index (χ1n) is 5.60. The highest BCUT2D eigenvalue weighted by Gasteiger charge is 2.13. The summed E-state index contributed by atoms with van der Waals surface area (Å²) >= 11 is 4.68. The Balaban J connectivity index is 1.88. The topological polar surface area (TPSA) is 77.8 Å². The first-order valence-corrected chi connectivity index (χ1v) is 7.27. The number of rotatable bonds is 3. The van der Waals surface area contributed by atoms with E-state index in [9.17, 15) is 4.39 Å². The Bertz CT molecular complexity index is 758. The Kier molecular flexibility index (Phi) is 3.49. The van der Waals surface area contributed by atoms with Crippen molar-refractivity contribution < 1.29 is 8.91 Å². The van der Waals surface area contributed by atoms with Crippen molar-refractivity contribution >= 4 is 32.4 Å². The molecule has 0 aliphatic heterocycles. The van der Waals surface area contributed by atoms with E-state index in [1.54, 1.807) is 6.07 Å². The summed E-state index contributed by atoms with van der Waals surface area (Å²) < 4.78 is 19.1. The van der Waals surface area contributed by atoms with Gasteiger partial charge in [-0.3, -0.25) is 0 Å². The molecule has 5 nitrogen and oxygen atoms in total. The summed E-state index contributed by atoms with van der Waals surface area (Å²) in [6.45, 7) is 0. The molecule has 102 valence electrons. The van der Waals surface area contributed by atoms with Gasteiger partial charge < -0.3 is 10.3 Å². The molecule has 20 heavy (non-hydrogen) atoms. The van der Waals surface area contributed by atoms with Gasteiger partial charge in [-0.15, -0.1) is 11.3 Å². The Hall–Kier alpha value is -1.80. The molecule has 1 aromatic carbocycles. The van der Waals surface area contributed by atoms with E-state index in [2.05, 4.69) is 31.1 Å². The Labute approximate surface area is 125 Å². The Morgan fingerprint density at radius 1 is 1.35 bits per heavy atom. The van der Waals surface area contributed by atoms with Gasteiger partial charge in [0.2, 0.25) is 11.7 Å². The number of nitrogens with zero attached hydrogens (tertiary/aromatic N) is 3. The number of anilines is 1. The van der Waals surface area contributed by atoms with E-state index in [1.807, 2.05) is 5.38 Å². The molecule has 2 aromatic heterocycles. The molecule has 0 fully saturated rings. The predicted octanol–water partition coefficient (Wildman–Crippen LogP) is 3.27. The van der Waals surface area contributed by atoms with Crippen LogP contribution in [0, 0.1) is 5.82 Å². The molecule has 0 amide bonds. The number of aromatic nitrogens is 3. The van der Waals surface area contributed by atoms with Gasteiger partial charge in [0.1, 0.15) is 5.82 Å². The number of halogens is 2. The van der Waals surface area contributed by atoms with E-state index in [1.165, 1.54) is 23.5 Å². The zero-order valence-electron chi connectivity index (χ0n) is 10.0. The highest BCUT2D eigenvalue weighted by Crippen LogP contribution is 2.27. The maximum absolute atomic E-state index is 13.3. The molecule has 3 rings (SSSR count). The minimum atomic E-state index is -0.359. The molecule has 0 atom stereocenters. The van der Waals surface area contributed by atoms with Crippen LogP contribution in [0.3, 0.4) is 0 Å². The molecule has 8 heteroatoms. The predicted molar refractivity (Wildman–Crippen MR) is 76.7 cm³/mol. The largest absolute Gasteiger partial charge is 0.375 e. The number of nitrogen functional groups attached to an aromatic ring is 1. The van der Waals surface area contributed by atoms with E-state index in [0.29, 0.717) is 33.3 Å². The van der Waals surface area contributed by atoms with Crippen LogP contribution in [0.4, 0.5) is 9.52 Å². The third kappa shape index (κ3) is 2.70. The van der Waals surface area contributed by atoms with Gasteiger partial charge in [-0.1, -0.05) is 21.1 Å². The second-order valence-electron chi connectivity index (χ2n) is 3.99. The van der Waals surface area contributed by atoms with Gasteiger partial charge in [0, 0.05) is 15.4 Å². The lowest BCUT2D eigenvalue weighted by Crippen LogP contribution is -1.90. The van der Waals surface area contributed by atoms with E-state index >= 15 is 0 Å². The zero-order chi connectivity index (χ0) is 14.1. The number of hydrogen-bond donors (Lipinski definition) is 1. The molecular formula is C12H8BrFN4OS. The van der Waals surface area contributed by atoms with Gasteiger partial charge in [0.15, 0.2) is 5.13 Å². The third-order valence-corrected chi connectivity index (χ3v) is 3.95. The molecule has 0 saturated heterocycles. The van der Waals surface area contributed by atoms with Crippen LogP contribution in [0.25, 0.3) is 11.4 Å². The van der Waals surface area contributed by atoms with Gasteiger partial charge in [0.25, 0.3) is 0 Å². The molecule has 0 aliphatic carbocycles. The van der Waals surface area contributed by atoms with Gasteiger partial charge >= 0.3 is 0 Å². The van der Waals surface area contributed by atoms with E-state index in [4.69, 9.17) is 10.3 Å². The standard InChI is InChI=1S/C12H8BrFN4OS/c13-9-2-1-6(14)3-8(9)11-17-10(19-18-11)4-7-5-20-12(15)16-7/h1-3,5H,4H2,(H2,15,16). The number of thiazole rings is 1. The smallest absolute Gasteiger partial charge is 0.233 e. The summed E-state index contributed by atoms with van der Waals surface area (Å²) in [5, 5.41) is 6.18. The van der Waals surface area contributed by atoms with Crippen molar-refractivity contribution in [3.05, 3.63) is 45.5 Å². The minimum absolute atomic E-state index is 0.328. The summed E-state index contributed by atoms with van der Waals surface area (Å²) in [5.41, 5.74) is 6.86. The maximum Gasteiger partial charge on any atom is 0.233 e. The van der Waals surface area contributed by atoms with Crippen molar-refractivity contribution in [2.45, 2.75) is 6.42 Å². The second kappa shape index (κ2) is 5.29. The van der Waals surface area contributed by atoms with Crippen molar-refractivity contribution in [2.24, 2.45) is 0 Å². The SMILES string of the molecule is Nc1nc(Cc2nc(-c3cc(F)ccc3Br)no2)cs1. The van der Waals surface area contributed by atoms with Crippen molar-refractivity contribution in [3.63, 3.8) is 0 Å². The summed E-state index contributed by atoms with van der Waals surface area (Å²) in [6, 6.07) is 4.30. The lowest BCUT2D eigenvalue weighted by Gasteiger charge is -1.98.